The van der Waals surface area contributed by atoms with E-state index in [2.05, 4.69) is 20.3 Å². The quantitative estimate of drug-likeness (QED) is 0.375. The number of carbonyl (C=O) groups is 4. The van der Waals surface area contributed by atoms with Gasteiger partial charge in [-0.15, -0.1) is 0 Å². The summed E-state index contributed by atoms with van der Waals surface area (Å²) >= 11 is 0. The van der Waals surface area contributed by atoms with Crippen LogP contribution in [0, 0.1) is 18.7 Å². The molecule has 5 aliphatic rings. The van der Waals surface area contributed by atoms with Crippen LogP contribution in [0.3, 0.4) is 0 Å². The van der Waals surface area contributed by atoms with Gasteiger partial charge in [0.2, 0.25) is 21.8 Å². The summed E-state index contributed by atoms with van der Waals surface area (Å²) in [5.74, 6) is -2.31. The van der Waals surface area contributed by atoms with Gasteiger partial charge in [0.25, 0.3) is 5.91 Å². The van der Waals surface area contributed by atoms with Crippen LogP contribution in [0.15, 0.2) is 30.4 Å². The van der Waals surface area contributed by atoms with Gasteiger partial charge in [0.15, 0.2) is 0 Å². The number of ether oxygens (including phenoxy) is 2. The number of hydrogen-bond acceptors (Lipinski definition) is 9. The number of alkyl carbamates (subject to hydrolysis) is 1. The van der Waals surface area contributed by atoms with Crippen LogP contribution >= 0.6 is 0 Å². The Morgan fingerprint density at radius 1 is 1.11 bits per heavy atom. The molecule has 4 amide bonds. The number of amides is 4. The highest BCUT2D eigenvalue weighted by Crippen LogP contribution is 2.49. The lowest BCUT2D eigenvalue weighted by Gasteiger charge is -2.36. The molecule has 0 bridgehead atoms. The lowest BCUT2D eigenvalue weighted by molar-refractivity contribution is -0.141. The van der Waals surface area contributed by atoms with Crippen LogP contribution in [0.2, 0.25) is 0 Å². The van der Waals surface area contributed by atoms with Crippen LogP contribution in [0.4, 0.5) is 9.18 Å². The monoisotopic (exact) mass is 767 g/mol. The molecule has 54 heavy (non-hydrogen) atoms. The Bertz CT molecular complexity index is 2050. The first kappa shape index (κ1) is 38.0. The number of fused-ring (bicyclic) bond motifs is 5. The number of sulfonamides is 1. The maximum Gasteiger partial charge on any atom is 0.408 e. The van der Waals surface area contributed by atoms with Crippen molar-refractivity contribution in [2.75, 3.05) is 6.54 Å². The Hall–Kier alpha value is -4.27. The lowest BCUT2D eigenvalue weighted by atomic mass is 9.87. The summed E-state index contributed by atoms with van der Waals surface area (Å²) in [6, 6.07) is 2.26. The molecule has 292 valence electrons. The van der Waals surface area contributed by atoms with Gasteiger partial charge < -0.3 is 25.0 Å². The van der Waals surface area contributed by atoms with Crippen LogP contribution in [0.1, 0.15) is 103 Å². The van der Waals surface area contributed by atoms with E-state index in [1.807, 2.05) is 12.2 Å². The van der Waals surface area contributed by atoms with Crippen molar-refractivity contribution in [3.05, 3.63) is 47.4 Å². The first-order chi connectivity index (χ1) is 25.3. The molecule has 2 aliphatic carbocycles. The average Bonchev–Trinajstić information content (AvgIpc) is 3.98. The number of carbonyl (C=O) groups excluding carboxylic acids is 4. The second-order valence-electron chi connectivity index (χ2n) is 17.1. The normalized spacial score (nSPS) is 30.0. The molecule has 3 N–H and O–H groups in total. The Morgan fingerprint density at radius 3 is 2.59 bits per heavy atom. The third-order valence-electron chi connectivity index (χ3n) is 11.6. The van der Waals surface area contributed by atoms with Gasteiger partial charge in [0.05, 0.1) is 22.5 Å². The fourth-order valence-corrected chi connectivity index (χ4v) is 9.43. The maximum absolute atomic E-state index is 14.7. The second-order valence-corrected chi connectivity index (χ2v) is 19.3. The van der Waals surface area contributed by atoms with E-state index in [9.17, 15) is 32.0 Å². The molecule has 1 saturated heterocycles. The fourth-order valence-electron chi connectivity index (χ4n) is 8.11. The Balaban J connectivity index is 1.24. The van der Waals surface area contributed by atoms with Crippen LogP contribution < -0.4 is 20.1 Å². The number of aromatic nitrogens is 1. The average molecular weight is 768 g/mol. The van der Waals surface area contributed by atoms with Crippen LogP contribution in [-0.4, -0.2) is 82.2 Å². The molecule has 1 aromatic heterocycles. The fraction of sp³-hybridized carbons (Fsp3) is 0.615. The zero-order valence-corrected chi connectivity index (χ0v) is 32.4. The van der Waals surface area contributed by atoms with E-state index in [4.69, 9.17) is 9.47 Å². The van der Waals surface area contributed by atoms with Gasteiger partial charge in [-0.25, -0.2) is 22.6 Å². The van der Waals surface area contributed by atoms with E-state index in [1.165, 1.54) is 17.0 Å². The summed E-state index contributed by atoms with van der Waals surface area (Å²) in [6.07, 6.45) is 8.14. The van der Waals surface area contributed by atoms with Gasteiger partial charge in [-0.05, 0) is 104 Å². The number of aryl methyl sites for hydroxylation is 2. The van der Waals surface area contributed by atoms with Gasteiger partial charge in [0.1, 0.15) is 40.4 Å². The molecule has 1 spiro atoms. The maximum atomic E-state index is 14.7. The van der Waals surface area contributed by atoms with Gasteiger partial charge in [0, 0.05) is 23.3 Å². The summed E-state index contributed by atoms with van der Waals surface area (Å²) in [4.78, 5) is 62.3. The predicted octanol–water partition coefficient (Wildman–Crippen LogP) is 4.63. The van der Waals surface area contributed by atoms with E-state index in [1.54, 1.807) is 40.7 Å². The van der Waals surface area contributed by atoms with Crippen LogP contribution in [0.25, 0.3) is 10.9 Å². The van der Waals surface area contributed by atoms with Crippen molar-refractivity contribution in [3.8, 4) is 5.75 Å². The van der Waals surface area contributed by atoms with Crippen LogP contribution in [-0.2, 0) is 35.6 Å². The van der Waals surface area contributed by atoms with Gasteiger partial charge in [-0.2, -0.15) is 0 Å². The van der Waals surface area contributed by atoms with Crippen molar-refractivity contribution in [2.45, 2.75) is 139 Å². The first-order valence-electron chi connectivity index (χ1n) is 19.0. The number of nitrogens with zero attached hydrogens (tertiary/aromatic N) is 2. The van der Waals surface area contributed by atoms with Crippen LogP contribution in [0.5, 0.6) is 5.75 Å². The highest BCUT2D eigenvalue weighted by molar-refractivity contribution is 7.91. The van der Waals surface area contributed by atoms with Gasteiger partial charge in [-0.1, -0.05) is 25.0 Å². The van der Waals surface area contributed by atoms with E-state index >= 15 is 0 Å². The highest BCUT2D eigenvalue weighted by Gasteiger charge is 2.64. The minimum Gasteiger partial charge on any atom is -0.483 e. The van der Waals surface area contributed by atoms with Crippen molar-refractivity contribution in [2.24, 2.45) is 5.92 Å². The van der Waals surface area contributed by atoms with E-state index < -0.39 is 79.1 Å². The summed E-state index contributed by atoms with van der Waals surface area (Å²) in [7, 11) is -4.00. The third kappa shape index (κ3) is 7.27. The zero-order chi connectivity index (χ0) is 38.8. The smallest absolute Gasteiger partial charge is 0.408 e. The summed E-state index contributed by atoms with van der Waals surface area (Å²) in [6.45, 7) is 8.55. The Kier molecular flexibility index (Phi) is 9.50. The van der Waals surface area contributed by atoms with Crippen molar-refractivity contribution < 1.29 is 41.5 Å². The Morgan fingerprint density at radius 2 is 1.87 bits per heavy atom. The molecule has 1 aromatic carbocycles. The standard InChI is InChI=1S/C39H50FN5O8S/c1-23-31-26(27-19-25(40)13-14-28(27)41-23)15-16-38(52-31)21-30-32(46)43-39(34(48)44-54(50,51)37(5)17-18-37)20-24(39)11-9-7-6-8-10-12-29(33(47)45(30)22-38)42-35(49)53-36(2,3)4/h9,11,13-14,19,24,29-30H,6-8,10,12,15-18,20-22H2,1-5H3,(H,42,49)(H,43,46)(H,44,48)/b11-9-/t24-,29-,30-,38+,39+/m0/s1. The lowest BCUT2D eigenvalue weighted by Crippen LogP contribution is -2.58. The summed E-state index contributed by atoms with van der Waals surface area (Å²) in [5, 5.41) is 6.30. The SMILES string of the molecule is Cc1nc2ccc(F)cc2c2c1O[C@]1(CC2)C[C@H]2C(=O)N[C@]3(C(=O)NS(=O)(=O)C4(C)CC4)C[C@@H]3/C=C\CCCCC[C@H](NC(=O)OC(C)(C)C)C(=O)N2C1. The van der Waals surface area contributed by atoms with E-state index in [-0.39, 0.29) is 19.4 Å². The number of hydrogen-bond donors (Lipinski definition) is 3. The number of pyridine rings is 1. The van der Waals surface area contributed by atoms with Crippen molar-refractivity contribution in [1.29, 1.82) is 0 Å². The van der Waals surface area contributed by atoms with Gasteiger partial charge in [-0.3, -0.25) is 19.1 Å². The zero-order valence-electron chi connectivity index (χ0n) is 31.6. The molecule has 13 nitrogen and oxygen atoms in total. The van der Waals surface area contributed by atoms with E-state index in [0.29, 0.717) is 67.3 Å². The summed E-state index contributed by atoms with van der Waals surface area (Å²) in [5.41, 5.74) is -1.40. The molecule has 3 fully saturated rings. The number of halogens is 1. The largest absolute Gasteiger partial charge is 0.483 e. The van der Waals surface area contributed by atoms with Gasteiger partial charge >= 0.3 is 6.09 Å². The van der Waals surface area contributed by atoms with Crippen molar-refractivity contribution in [3.63, 3.8) is 0 Å². The Labute approximate surface area is 315 Å². The first-order valence-corrected chi connectivity index (χ1v) is 20.5. The number of rotatable bonds is 4. The third-order valence-corrected chi connectivity index (χ3v) is 13.8. The molecular weight excluding hydrogens is 718 g/mol. The molecule has 7 rings (SSSR count). The van der Waals surface area contributed by atoms with Crippen molar-refractivity contribution >= 4 is 44.7 Å². The molecule has 0 radical (unpaired) electrons. The number of nitrogens with one attached hydrogen (secondary N) is 3. The number of allylic oxidation sites excluding steroid dienone is 1. The molecule has 3 aliphatic heterocycles. The molecular formula is C39H50FN5O8S. The molecule has 0 unspecified atom stereocenters. The molecule has 15 heteroatoms. The molecule has 2 saturated carbocycles. The predicted molar refractivity (Wildman–Crippen MR) is 197 cm³/mol. The summed E-state index contributed by atoms with van der Waals surface area (Å²) < 4.78 is 54.2. The minimum absolute atomic E-state index is 0.00819. The minimum atomic E-state index is -4.00. The topological polar surface area (TPSA) is 173 Å². The molecule has 4 heterocycles. The van der Waals surface area contributed by atoms with E-state index in [0.717, 1.165) is 18.4 Å². The molecule has 5 atom stereocenters. The highest BCUT2D eigenvalue weighted by atomic mass is 32.2. The van der Waals surface area contributed by atoms with Crippen molar-refractivity contribution in [1.82, 2.24) is 25.2 Å². The number of benzene rings is 1. The molecule has 2 aromatic rings. The second kappa shape index (κ2) is 13.5.